The van der Waals surface area contributed by atoms with E-state index in [1.165, 1.54) is 6.42 Å². The number of halogens is 1. The molecule has 6 nitrogen and oxygen atoms in total. The van der Waals surface area contributed by atoms with Crippen LogP contribution >= 0.6 is 12.4 Å². The van der Waals surface area contributed by atoms with Crippen molar-refractivity contribution < 1.29 is 9.53 Å². The highest BCUT2D eigenvalue weighted by Crippen LogP contribution is 2.29. The Bertz CT molecular complexity index is 752. The minimum absolute atomic E-state index is 0. The summed E-state index contributed by atoms with van der Waals surface area (Å²) in [5, 5.41) is 7.89. The minimum Gasteiger partial charge on any atom is -0.497 e. The fraction of sp³-hybridized carbons (Fsp3) is 0.500. The van der Waals surface area contributed by atoms with Crippen LogP contribution in [-0.4, -0.2) is 52.9 Å². The lowest BCUT2D eigenvalue weighted by Gasteiger charge is -2.25. The Balaban J connectivity index is 0.00000210. The SMILES string of the molecule is COc1ccc(Cn2cc(C(=O)N(CC3CCCN3)C3CC3)cn2)cc1.Cl. The van der Waals surface area contributed by atoms with Crippen molar-refractivity contribution in [2.24, 2.45) is 0 Å². The summed E-state index contributed by atoms with van der Waals surface area (Å²) < 4.78 is 7.01. The van der Waals surface area contributed by atoms with E-state index in [0.717, 1.165) is 43.7 Å². The van der Waals surface area contributed by atoms with E-state index in [0.29, 0.717) is 24.2 Å². The average molecular weight is 391 g/mol. The number of nitrogens with one attached hydrogen (secondary N) is 1. The molecule has 1 unspecified atom stereocenters. The molecule has 1 aromatic heterocycles. The molecule has 1 N–H and O–H groups in total. The zero-order chi connectivity index (χ0) is 17.9. The lowest BCUT2D eigenvalue weighted by atomic mass is 10.2. The van der Waals surface area contributed by atoms with E-state index in [2.05, 4.69) is 15.3 Å². The van der Waals surface area contributed by atoms with E-state index < -0.39 is 0 Å². The summed E-state index contributed by atoms with van der Waals surface area (Å²) in [6, 6.07) is 8.76. The van der Waals surface area contributed by atoms with Crippen LogP contribution in [0.25, 0.3) is 0 Å². The van der Waals surface area contributed by atoms with Gasteiger partial charge in [-0.1, -0.05) is 12.1 Å². The zero-order valence-corrected chi connectivity index (χ0v) is 16.5. The third-order valence-electron chi connectivity index (χ3n) is 5.21. The van der Waals surface area contributed by atoms with E-state index in [4.69, 9.17) is 4.74 Å². The Morgan fingerprint density at radius 2 is 2.07 bits per heavy atom. The van der Waals surface area contributed by atoms with Crippen molar-refractivity contribution in [3.63, 3.8) is 0 Å². The summed E-state index contributed by atoms with van der Waals surface area (Å²) in [4.78, 5) is 15.0. The predicted molar refractivity (Wildman–Crippen MR) is 107 cm³/mol. The van der Waals surface area contributed by atoms with Gasteiger partial charge in [0, 0.05) is 24.8 Å². The second-order valence-electron chi connectivity index (χ2n) is 7.26. The fourth-order valence-electron chi connectivity index (χ4n) is 3.58. The number of carbonyl (C=O) groups excluding carboxylic acids is 1. The van der Waals surface area contributed by atoms with Gasteiger partial charge in [0.25, 0.3) is 5.91 Å². The number of hydrogen-bond donors (Lipinski definition) is 1. The van der Waals surface area contributed by atoms with E-state index in [-0.39, 0.29) is 18.3 Å². The average Bonchev–Trinajstić information content (AvgIpc) is 3.17. The maximum absolute atomic E-state index is 13.0. The van der Waals surface area contributed by atoms with E-state index >= 15 is 0 Å². The molecule has 0 bridgehead atoms. The number of benzene rings is 1. The standard InChI is InChI=1S/C20H26N4O2.ClH/c1-26-19-8-4-15(5-9-19)12-23-13-16(11-22-23)20(25)24(18-6-7-18)14-17-3-2-10-21-17;/h4-5,8-9,11,13,17-18,21H,2-3,6-7,10,12,14H2,1H3;1H. The Labute approximate surface area is 166 Å². The molecule has 27 heavy (non-hydrogen) atoms. The van der Waals surface area contributed by atoms with Crippen molar-refractivity contribution in [2.45, 2.75) is 44.3 Å². The topological polar surface area (TPSA) is 59.4 Å². The number of aromatic nitrogens is 2. The molecular formula is C20H27ClN4O2. The summed E-state index contributed by atoms with van der Waals surface area (Å²) in [5.41, 5.74) is 1.81. The molecule has 1 atom stereocenters. The van der Waals surface area contributed by atoms with E-state index in [1.807, 2.05) is 35.1 Å². The van der Waals surface area contributed by atoms with Crippen molar-refractivity contribution >= 4 is 18.3 Å². The summed E-state index contributed by atoms with van der Waals surface area (Å²) in [5.74, 6) is 0.952. The van der Waals surface area contributed by atoms with Gasteiger partial charge >= 0.3 is 0 Å². The number of ether oxygens (including phenoxy) is 1. The Hall–Kier alpha value is -2.05. The van der Waals surface area contributed by atoms with Crippen LogP contribution in [0.3, 0.4) is 0 Å². The second-order valence-corrected chi connectivity index (χ2v) is 7.26. The zero-order valence-electron chi connectivity index (χ0n) is 15.6. The summed E-state index contributed by atoms with van der Waals surface area (Å²) in [6.45, 7) is 2.52. The van der Waals surface area contributed by atoms with Crippen molar-refractivity contribution in [2.75, 3.05) is 20.2 Å². The van der Waals surface area contributed by atoms with E-state index in [1.54, 1.807) is 13.3 Å². The third-order valence-corrected chi connectivity index (χ3v) is 5.21. The minimum atomic E-state index is 0. The molecule has 0 radical (unpaired) electrons. The first-order valence-electron chi connectivity index (χ1n) is 9.42. The lowest BCUT2D eigenvalue weighted by molar-refractivity contribution is 0.0728. The smallest absolute Gasteiger partial charge is 0.257 e. The van der Waals surface area contributed by atoms with Crippen LogP contribution in [0.4, 0.5) is 0 Å². The molecule has 7 heteroatoms. The van der Waals surface area contributed by atoms with Crippen LogP contribution in [-0.2, 0) is 6.54 Å². The van der Waals surface area contributed by atoms with Gasteiger partial charge < -0.3 is 15.0 Å². The first kappa shape index (κ1) is 19.7. The van der Waals surface area contributed by atoms with Crippen LogP contribution in [0, 0.1) is 0 Å². The first-order chi connectivity index (χ1) is 12.7. The molecule has 0 spiro atoms. The summed E-state index contributed by atoms with van der Waals surface area (Å²) >= 11 is 0. The molecule has 2 heterocycles. The molecule has 1 saturated carbocycles. The Morgan fingerprint density at radius 1 is 1.30 bits per heavy atom. The van der Waals surface area contributed by atoms with Gasteiger partial charge in [0.15, 0.2) is 0 Å². The van der Waals surface area contributed by atoms with Crippen LogP contribution in [0.1, 0.15) is 41.6 Å². The Morgan fingerprint density at radius 3 is 2.70 bits per heavy atom. The number of methoxy groups -OCH3 is 1. The number of carbonyl (C=O) groups is 1. The van der Waals surface area contributed by atoms with Gasteiger partial charge in [-0.2, -0.15) is 5.10 Å². The van der Waals surface area contributed by atoms with Crippen LogP contribution in [0.2, 0.25) is 0 Å². The highest BCUT2D eigenvalue weighted by molar-refractivity contribution is 5.94. The lowest BCUT2D eigenvalue weighted by Crippen LogP contribution is -2.42. The quantitative estimate of drug-likeness (QED) is 0.789. The molecule has 2 aromatic rings. The largest absolute Gasteiger partial charge is 0.497 e. The molecule has 2 aliphatic rings. The van der Waals surface area contributed by atoms with Gasteiger partial charge in [0.2, 0.25) is 0 Å². The van der Waals surface area contributed by atoms with Gasteiger partial charge in [-0.15, -0.1) is 12.4 Å². The molecule has 4 rings (SSSR count). The van der Waals surface area contributed by atoms with Gasteiger partial charge in [-0.3, -0.25) is 9.48 Å². The molecule has 2 fully saturated rings. The van der Waals surface area contributed by atoms with Crippen molar-refractivity contribution in [1.29, 1.82) is 0 Å². The highest BCUT2D eigenvalue weighted by Gasteiger charge is 2.35. The third kappa shape index (κ3) is 4.82. The maximum Gasteiger partial charge on any atom is 0.257 e. The van der Waals surface area contributed by atoms with Crippen LogP contribution in [0.15, 0.2) is 36.7 Å². The van der Waals surface area contributed by atoms with Crippen molar-refractivity contribution in [3.8, 4) is 5.75 Å². The molecule has 1 saturated heterocycles. The number of rotatable bonds is 7. The van der Waals surface area contributed by atoms with Gasteiger partial charge in [-0.25, -0.2) is 0 Å². The van der Waals surface area contributed by atoms with Gasteiger partial charge in [-0.05, 0) is 49.9 Å². The Kier molecular flexibility index (Phi) is 6.39. The predicted octanol–water partition coefficient (Wildman–Crippen LogP) is 2.72. The molecule has 1 aliphatic heterocycles. The highest BCUT2D eigenvalue weighted by atomic mass is 35.5. The van der Waals surface area contributed by atoms with Gasteiger partial charge in [0.05, 0.1) is 25.4 Å². The monoisotopic (exact) mass is 390 g/mol. The molecule has 1 aromatic carbocycles. The van der Waals surface area contributed by atoms with Crippen LogP contribution < -0.4 is 10.1 Å². The molecule has 146 valence electrons. The van der Waals surface area contributed by atoms with Gasteiger partial charge in [0.1, 0.15) is 5.75 Å². The molecule has 1 aliphatic carbocycles. The summed E-state index contributed by atoms with van der Waals surface area (Å²) in [7, 11) is 1.66. The number of nitrogens with zero attached hydrogens (tertiary/aromatic N) is 3. The van der Waals surface area contributed by atoms with E-state index in [9.17, 15) is 4.79 Å². The molecule has 1 amide bonds. The van der Waals surface area contributed by atoms with Crippen molar-refractivity contribution in [1.82, 2.24) is 20.0 Å². The number of amides is 1. The normalized spacial score (nSPS) is 18.8. The second kappa shape index (κ2) is 8.76. The van der Waals surface area contributed by atoms with Crippen molar-refractivity contribution in [3.05, 3.63) is 47.8 Å². The number of hydrogen-bond acceptors (Lipinski definition) is 4. The van der Waals surface area contributed by atoms with Crippen LogP contribution in [0.5, 0.6) is 5.75 Å². The molecular weight excluding hydrogens is 364 g/mol. The summed E-state index contributed by atoms with van der Waals surface area (Å²) in [6.07, 6.45) is 8.18. The fourth-order valence-corrected chi connectivity index (χ4v) is 3.58. The first-order valence-corrected chi connectivity index (χ1v) is 9.42. The maximum atomic E-state index is 13.0.